The lowest BCUT2D eigenvalue weighted by atomic mass is 10.1. The van der Waals surface area contributed by atoms with Crippen LogP contribution in [0, 0.1) is 0 Å². The van der Waals surface area contributed by atoms with E-state index in [1.54, 1.807) is 14.2 Å². The molecule has 0 bridgehead atoms. The summed E-state index contributed by atoms with van der Waals surface area (Å²) in [6.07, 6.45) is 0. The van der Waals surface area contributed by atoms with Gasteiger partial charge in [-0.05, 0) is 33.9 Å². The summed E-state index contributed by atoms with van der Waals surface area (Å²) in [6, 6.07) is 32.9. The lowest BCUT2D eigenvalue weighted by molar-refractivity contribution is 0.259. The molecule has 2 unspecified atom stereocenters. The monoisotopic (exact) mass is 490 g/mol. The summed E-state index contributed by atoms with van der Waals surface area (Å²) in [7, 11) is 3.98. The molecule has 0 fully saturated rings. The molecule has 0 saturated carbocycles. The van der Waals surface area contributed by atoms with E-state index in [0.29, 0.717) is 30.8 Å². The summed E-state index contributed by atoms with van der Waals surface area (Å²) in [5.74, 6) is 1.75. The smallest absolute Gasteiger partial charge is 0.126 e. The van der Waals surface area contributed by atoms with Crippen LogP contribution < -0.4 is 20.1 Å². The SMILES string of the molecule is COc1ccccc1-c1ccc(POCCOPc2ccc(-c3ccccc3OC)cc2)cc1. The topological polar surface area (TPSA) is 36.9 Å². The van der Waals surface area contributed by atoms with Crippen molar-refractivity contribution in [1.29, 1.82) is 0 Å². The van der Waals surface area contributed by atoms with Crippen molar-refractivity contribution in [3.05, 3.63) is 97.1 Å². The fourth-order valence-electron chi connectivity index (χ4n) is 3.55. The second-order valence-electron chi connectivity index (χ2n) is 7.46. The molecule has 0 N–H and O–H groups in total. The minimum absolute atomic E-state index is 0.295. The Morgan fingerprint density at radius 3 is 1.26 bits per heavy atom. The van der Waals surface area contributed by atoms with Crippen LogP contribution in [0.25, 0.3) is 22.3 Å². The molecule has 4 aromatic rings. The minimum atomic E-state index is 0.295. The van der Waals surface area contributed by atoms with E-state index in [1.807, 2.05) is 36.4 Å². The Balaban J connectivity index is 1.19. The molecule has 0 saturated heterocycles. The number of hydrogen-bond donors (Lipinski definition) is 0. The normalized spacial score (nSPS) is 11.5. The van der Waals surface area contributed by atoms with Crippen LogP contribution in [0.5, 0.6) is 11.5 Å². The lowest BCUT2D eigenvalue weighted by Gasteiger charge is -2.10. The van der Waals surface area contributed by atoms with Gasteiger partial charge in [0.05, 0.1) is 27.4 Å². The summed E-state index contributed by atoms with van der Waals surface area (Å²) < 4.78 is 22.6. The van der Waals surface area contributed by atoms with E-state index in [4.69, 9.17) is 18.5 Å². The number of ether oxygens (including phenoxy) is 2. The standard InChI is InChI=1S/C28H28O4P2/c1-29-27-9-5-3-7-25(27)21-11-15-23(16-12-21)33-31-19-20-32-34-24-17-13-22(14-18-24)26-8-4-6-10-28(26)30-2/h3-18,33-34H,19-20H2,1-2H3. The molecule has 0 amide bonds. The minimum Gasteiger partial charge on any atom is -0.496 e. The summed E-state index contributed by atoms with van der Waals surface area (Å²) in [5, 5.41) is 2.32. The first-order valence-electron chi connectivity index (χ1n) is 11.0. The van der Waals surface area contributed by atoms with Crippen molar-refractivity contribution >= 4 is 28.2 Å². The predicted molar refractivity (Wildman–Crippen MR) is 145 cm³/mol. The zero-order valence-corrected chi connectivity index (χ0v) is 21.3. The third-order valence-electron chi connectivity index (χ3n) is 5.27. The van der Waals surface area contributed by atoms with Crippen LogP contribution in [-0.2, 0) is 9.05 Å². The second-order valence-corrected chi connectivity index (χ2v) is 9.60. The first-order chi connectivity index (χ1) is 16.8. The first kappa shape index (κ1) is 24.4. The molecule has 0 aliphatic rings. The number of para-hydroxylation sites is 2. The van der Waals surface area contributed by atoms with E-state index in [0.717, 1.165) is 44.4 Å². The molecular formula is C28H28O4P2. The fraction of sp³-hybridized carbons (Fsp3) is 0.143. The molecule has 0 aliphatic heterocycles. The third-order valence-corrected chi connectivity index (χ3v) is 7.11. The van der Waals surface area contributed by atoms with E-state index in [1.165, 1.54) is 0 Å². The van der Waals surface area contributed by atoms with Gasteiger partial charge in [-0.25, -0.2) is 0 Å². The van der Waals surface area contributed by atoms with Gasteiger partial charge < -0.3 is 18.5 Å². The van der Waals surface area contributed by atoms with Crippen molar-refractivity contribution in [2.75, 3.05) is 27.4 Å². The molecule has 4 aromatic carbocycles. The molecule has 0 aromatic heterocycles. The molecule has 0 spiro atoms. The van der Waals surface area contributed by atoms with Crippen LogP contribution in [-0.4, -0.2) is 27.4 Å². The van der Waals surface area contributed by atoms with Crippen molar-refractivity contribution < 1.29 is 18.5 Å². The molecule has 6 heteroatoms. The van der Waals surface area contributed by atoms with E-state index in [-0.39, 0.29) is 0 Å². The maximum absolute atomic E-state index is 5.82. The van der Waals surface area contributed by atoms with Crippen LogP contribution in [0.2, 0.25) is 0 Å². The molecule has 34 heavy (non-hydrogen) atoms. The van der Waals surface area contributed by atoms with Crippen molar-refractivity contribution in [2.45, 2.75) is 0 Å². The van der Waals surface area contributed by atoms with E-state index in [9.17, 15) is 0 Å². The molecule has 0 heterocycles. The van der Waals surface area contributed by atoms with Crippen molar-refractivity contribution in [2.24, 2.45) is 0 Å². The van der Waals surface area contributed by atoms with Gasteiger partial charge in [0.15, 0.2) is 0 Å². The molecule has 4 nitrogen and oxygen atoms in total. The first-order valence-corrected chi connectivity index (χ1v) is 12.8. The van der Waals surface area contributed by atoms with Gasteiger partial charge in [0.1, 0.15) is 11.5 Å². The van der Waals surface area contributed by atoms with Crippen LogP contribution >= 0.6 is 17.6 Å². The van der Waals surface area contributed by atoms with Crippen molar-refractivity contribution in [3.8, 4) is 33.8 Å². The fourth-order valence-corrected chi connectivity index (χ4v) is 4.86. The van der Waals surface area contributed by atoms with Crippen LogP contribution in [0.4, 0.5) is 0 Å². The van der Waals surface area contributed by atoms with Gasteiger partial charge in [0, 0.05) is 28.7 Å². The number of hydrogen-bond acceptors (Lipinski definition) is 4. The van der Waals surface area contributed by atoms with Crippen molar-refractivity contribution in [1.82, 2.24) is 0 Å². The summed E-state index contributed by atoms with van der Waals surface area (Å²) in [6.45, 7) is 1.14. The van der Waals surface area contributed by atoms with Gasteiger partial charge in [-0.1, -0.05) is 84.9 Å². The lowest BCUT2D eigenvalue weighted by Crippen LogP contribution is -2.02. The molecule has 0 aliphatic carbocycles. The van der Waals surface area contributed by atoms with Crippen molar-refractivity contribution in [3.63, 3.8) is 0 Å². The average Bonchev–Trinajstić information content (AvgIpc) is 2.91. The van der Waals surface area contributed by atoms with Gasteiger partial charge in [0.2, 0.25) is 0 Å². The highest BCUT2D eigenvalue weighted by Gasteiger charge is 2.06. The van der Waals surface area contributed by atoms with Crippen LogP contribution in [0.1, 0.15) is 0 Å². The Bertz CT molecular complexity index is 1080. The second kappa shape index (κ2) is 12.6. The Hall–Kier alpha value is -2.74. The maximum Gasteiger partial charge on any atom is 0.126 e. The van der Waals surface area contributed by atoms with Crippen LogP contribution in [0.15, 0.2) is 97.1 Å². The average molecular weight is 490 g/mol. The zero-order valence-electron chi connectivity index (χ0n) is 19.3. The van der Waals surface area contributed by atoms with Gasteiger partial charge >= 0.3 is 0 Å². The van der Waals surface area contributed by atoms with Crippen LogP contribution in [0.3, 0.4) is 0 Å². The van der Waals surface area contributed by atoms with Gasteiger partial charge in [-0.2, -0.15) is 0 Å². The van der Waals surface area contributed by atoms with E-state index >= 15 is 0 Å². The number of methoxy groups -OCH3 is 2. The zero-order chi connectivity index (χ0) is 23.6. The summed E-state index contributed by atoms with van der Waals surface area (Å²) >= 11 is 0. The quantitative estimate of drug-likeness (QED) is 0.185. The Morgan fingerprint density at radius 2 is 0.882 bits per heavy atom. The molecular weight excluding hydrogens is 462 g/mol. The van der Waals surface area contributed by atoms with Gasteiger partial charge in [-0.3, -0.25) is 0 Å². The molecule has 4 rings (SSSR count). The molecule has 2 atom stereocenters. The highest BCUT2D eigenvalue weighted by Crippen LogP contribution is 2.30. The Morgan fingerprint density at radius 1 is 0.500 bits per heavy atom. The highest BCUT2D eigenvalue weighted by molar-refractivity contribution is 7.42. The molecule has 174 valence electrons. The molecule has 0 radical (unpaired) electrons. The number of benzene rings is 4. The summed E-state index contributed by atoms with van der Waals surface area (Å²) in [4.78, 5) is 0. The Kier molecular flexibility index (Phi) is 9.07. The number of rotatable bonds is 11. The largest absolute Gasteiger partial charge is 0.496 e. The van der Waals surface area contributed by atoms with Gasteiger partial charge in [-0.15, -0.1) is 0 Å². The van der Waals surface area contributed by atoms with E-state index in [2.05, 4.69) is 60.7 Å². The maximum atomic E-state index is 5.82. The van der Waals surface area contributed by atoms with E-state index < -0.39 is 0 Å². The third kappa shape index (κ3) is 6.44. The Labute approximate surface area is 205 Å². The highest BCUT2D eigenvalue weighted by atomic mass is 31.1. The summed E-state index contributed by atoms with van der Waals surface area (Å²) in [5.41, 5.74) is 4.44. The predicted octanol–water partition coefficient (Wildman–Crippen LogP) is 6.21. The van der Waals surface area contributed by atoms with Gasteiger partial charge in [0.25, 0.3) is 0 Å².